The number of benzene rings is 1. The second-order valence-corrected chi connectivity index (χ2v) is 14.4. The number of aliphatic hydroxyl groups is 1. The van der Waals surface area contributed by atoms with Crippen LogP contribution in [0.25, 0.3) is 0 Å². The molecule has 13 heavy (non-hydrogen) atoms. The molecule has 2 rings (SSSR count). The summed E-state index contributed by atoms with van der Waals surface area (Å²) in [6, 6.07) is 10.7. The fourth-order valence-electron chi connectivity index (χ4n) is 1.12. The van der Waals surface area contributed by atoms with Crippen LogP contribution in [0, 0.1) is 0 Å². The van der Waals surface area contributed by atoms with Gasteiger partial charge in [-0.25, -0.2) is 0 Å². The molecule has 2 unspecified atom stereocenters. The van der Waals surface area contributed by atoms with Crippen LogP contribution >= 0.6 is 20.0 Å². The molecule has 4 heteroatoms. The molecule has 1 aromatic carbocycles. The first-order valence-electron chi connectivity index (χ1n) is 4.16. The number of hydrogen-bond donors (Lipinski definition) is 1. The van der Waals surface area contributed by atoms with Crippen LogP contribution < -0.4 is 4.35 Å². The fraction of sp³-hybridized carbons (Fsp3) is 0.333. The van der Waals surface area contributed by atoms with E-state index in [1.807, 2.05) is 10.0 Å². The van der Waals surface area contributed by atoms with Crippen LogP contribution in [-0.4, -0.2) is 35.1 Å². The third kappa shape index (κ3) is 2.47. The first-order valence-corrected chi connectivity index (χ1v) is 11.5. The molecule has 1 aliphatic rings. The quantitative estimate of drug-likeness (QED) is 0.819. The maximum absolute atomic E-state index is 9.02. The Morgan fingerprint density at radius 3 is 2.77 bits per heavy atom. The van der Waals surface area contributed by atoms with Gasteiger partial charge >= 0.3 is 89.8 Å². The van der Waals surface area contributed by atoms with Crippen LogP contribution in [0.4, 0.5) is 0 Å². The predicted octanol–water partition coefficient (Wildman–Crippen LogP) is 1.22. The Balaban J connectivity index is 2.04. The van der Waals surface area contributed by atoms with Crippen molar-refractivity contribution in [2.45, 2.75) is 5.25 Å². The van der Waals surface area contributed by atoms with E-state index in [2.05, 4.69) is 40.4 Å². The fourth-order valence-corrected chi connectivity index (χ4v) is 16.6. The average molecular weight is 274 g/mol. The topological polar surface area (TPSA) is 20.2 Å². The van der Waals surface area contributed by atoms with E-state index < -0.39 is 12.3 Å². The van der Waals surface area contributed by atoms with Crippen molar-refractivity contribution in [3.05, 3.63) is 30.3 Å². The van der Waals surface area contributed by atoms with Crippen LogP contribution in [0.15, 0.2) is 30.3 Å². The van der Waals surface area contributed by atoms with Gasteiger partial charge in [0.2, 0.25) is 0 Å². The van der Waals surface area contributed by atoms with E-state index in [0.717, 1.165) is 5.75 Å². The Morgan fingerprint density at radius 1 is 1.38 bits per heavy atom. The third-order valence-electron chi connectivity index (χ3n) is 1.79. The minimum atomic E-state index is -0.910. The van der Waals surface area contributed by atoms with E-state index >= 15 is 0 Å². The Bertz CT molecular complexity index is 268. The van der Waals surface area contributed by atoms with E-state index in [1.54, 1.807) is 0 Å². The summed E-state index contributed by atoms with van der Waals surface area (Å²) in [5.74, 6) is 1.13. The summed E-state index contributed by atoms with van der Waals surface area (Å²) in [6.07, 6.45) is 0. The molecule has 0 aliphatic carbocycles. The van der Waals surface area contributed by atoms with Crippen LogP contribution in [0.1, 0.15) is 0 Å². The second-order valence-electron chi connectivity index (χ2n) is 2.80. The molecule has 2 atom stereocenters. The van der Waals surface area contributed by atoms with Gasteiger partial charge in [-0.2, -0.15) is 0 Å². The van der Waals surface area contributed by atoms with Crippen LogP contribution in [0.2, 0.25) is 0 Å². The molecule has 0 amide bonds. The standard InChI is InChI=1S/C9H11AsOS2/c11-6-9-7-12-10(13-9)8-4-2-1-3-5-8/h1-5,9,11H,6-7H2. The second kappa shape index (κ2) is 4.79. The molecule has 1 heterocycles. The molecular weight excluding hydrogens is 263 g/mol. The summed E-state index contributed by atoms with van der Waals surface area (Å²) in [7, 11) is 4.10. The van der Waals surface area contributed by atoms with Crippen LogP contribution in [-0.2, 0) is 0 Å². The Morgan fingerprint density at radius 2 is 2.15 bits per heavy atom. The van der Waals surface area contributed by atoms with Gasteiger partial charge in [0, 0.05) is 0 Å². The molecule has 1 nitrogen and oxygen atoms in total. The zero-order valence-corrected chi connectivity index (χ0v) is 10.6. The third-order valence-corrected chi connectivity index (χ3v) is 15.8. The van der Waals surface area contributed by atoms with Gasteiger partial charge in [0.25, 0.3) is 0 Å². The Kier molecular flexibility index (Phi) is 3.67. The molecule has 0 bridgehead atoms. The van der Waals surface area contributed by atoms with Crippen molar-refractivity contribution in [3.63, 3.8) is 0 Å². The summed E-state index contributed by atoms with van der Waals surface area (Å²) in [6.45, 7) is 0.343. The number of rotatable bonds is 2. The predicted molar refractivity (Wildman–Crippen MR) is 62.8 cm³/mol. The van der Waals surface area contributed by atoms with E-state index in [9.17, 15) is 0 Å². The monoisotopic (exact) mass is 274 g/mol. The van der Waals surface area contributed by atoms with Crippen molar-refractivity contribution < 1.29 is 5.11 Å². The first kappa shape index (κ1) is 9.97. The van der Waals surface area contributed by atoms with Gasteiger partial charge in [-0.15, -0.1) is 0 Å². The van der Waals surface area contributed by atoms with E-state index in [4.69, 9.17) is 5.11 Å². The number of hydrogen-bond acceptors (Lipinski definition) is 3. The molecule has 1 saturated heterocycles. The van der Waals surface area contributed by atoms with Crippen molar-refractivity contribution in [1.82, 2.24) is 0 Å². The van der Waals surface area contributed by atoms with E-state index in [1.165, 1.54) is 4.35 Å². The van der Waals surface area contributed by atoms with Crippen LogP contribution in [0.3, 0.4) is 0 Å². The van der Waals surface area contributed by atoms with Gasteiger partial charge in [-0.05, 0) is 0 Å². The molecule has 1 aliphatic heterocycles. The normalized spacial score (nSPS) is 27.8. The van der Waals surface area contributed by atoms with Crippen molar-refractivity contribution in [3.8, 4) is 0 Å². The van der Waals surface area contributed by atoms with Gasteiger partial charge in [0.05, 0.1) is 0 Å². The van der Waals surface area contributed by atoms with Gasteiger partial charge in [0.15, 0.2) is 0 Å². The van der Waals surface area contributed by atoms with E-state index in [0.29, 0.717) is 11.9 Å². The summed E-state index contributed by atoms with van der Waals surface area (Å²) < 4.78 is 1.51. The van der Waals surface area contributed by atoms with Gasteiger partial charge < -0.3 is 0 Å². The van der Waals surface area contributed by atoms with E-state index in [-0.39, 0.29) is 0 Å². The first-order chi connectivity index (χ1) is 6.40. The van der Waals surface area contributed by atoms with Gasteiger partial charge in [0.1, 0.15) is 0 Å². The Hall–Kier alpha value is 0.438. The number of aliphatic hydroxyl groups excluding tert-OH is 1. The minimum absolute atomic E-state index is 0.343. The molecule has 0 aromatic heterocycles. The molecule has 0 spiro atoms. The molecule has 0 radical (unpaired) electrons. The van der Waals surface area contributed by atoms with Crippen molar-refractivity contribution in [1.29, 1.82) is 0 Å². The molecule has 1 fully saturated rings. The van der Waals surface area contributed by atoms with Crippen molar-refractivity contribution in [2.75, 3.05) is 12.4 Å². The molecule has 1 N–H and O–H groups in total. The maximum atomic E-state index is 9.02. The Labute approximate surface area is 89.5 Å². The molecule has 0 saturated carbocycles. The summed E-state index contributed by atoms with van der Waals surface area (Å²) in [5, 5.41) is 9.51. The van der Waals surface area contributed by atoms with Crippen molar-refractivity contribution >= 4 is 36.7 Å². The average Bonchev–Trinajstić information content (AvgIpc) is 2.67. The molecule has 1 aromatic rings. The van der Waals surface area contributed by atoms with Gasteiger partial charge in [-0.1, -0.05) is 0 Å². The van der Waals surface area contributed by atoms with Gasteiger partial charge in [-0.3, -0.25) is 0 Å². The molecular formula is C9H11AsOS2. The van der Waals surface area contributed by atoms with Crippen molar-refractivity contribution in [2.24, 2.45) is 0 Å². The van der Waals surface area contributed by atoms with Crippen LogP contribution in [0.5, 0.6) is 0 Å². The summed E-state index contributed by atoms with van der Waals surface area (Å²) in [4.78, 5) is 0. The summed E-state index contributed by atoms with van der Waals surface area (Å²) in [5.41, 5.74) is 0. The summed E-state index contributed by atoms with van der Waals surface area (Å²) >= 11 is -0.910. The molecule has 70 valence electrons. The zero-order valence-electron chi connectivity index (χ0n) is 7.09. The SMILES string of the molecule is OCC1CS[As](c2ccccc2)S1. The zero-order chi connectivity index (χ0) is 9.10.